The smallest absolute Gasteiger partial charge is 0.549 e. The molecule has 0 aliphatic rings. The zero-order valence-corrected chi connectivity index (χ0v) is 22.1. The predicted octanol–water partition coefficient (Wildman–Crippen LogP) is -3.61. The minimum atomic E-state index is -1.99. The summed E-state index contributed by atoms with van der Waals surface area (Å²) in [5.74, 6) is -5.91. The summed E-state index contributed by atoms with van der Waals surface area (Å²) in [7, 11) is 0. The Balaban J connectivity index is 0.00000648. The van der Waals surface area contributed by atoms with Gasteiger partial charge in [-0.25, -0.2) is 19.6 Å². The molecule has 0 aliphatic carbocycles. The molecule has 2 aromatic heterocycles. The summed E-state index contributed by atoms with van der Waals surface area (Å²) in [5.41, 5.74) is 0. The molecule has 2 heterocycles. The maximum atomic E-state index is 13.1. The number of carbonyl (C=O) groups is 3. The standard InChI is InChI=1S/C18H23N7O10.Na/c1-5-34-17(28)15(22-10(3)19-7-12(22)24(30)31)21(9-14(26)27)16(18(29)35-6-2)23-11(4)20-8-13(23)25(32)33;/h7-8,15-16H,5-6,9H2,1-4H3,(H,26,27);/q;+1/p-1. The van der Waals surface area contributed by atoms with Crippen LogP contribution in [0.1, 0.15) is 37.8 Å². The third-order valence-corrected chi connectivity index (χ3v) is 4.72. The Morgan fingerprint density at radius 1 is 0.917 bits per heavy atom. The van der Waals surface area contributed by atoms with Crippen LogP contribution in [-0.2, 0) is 23.9 Å². The maximum absolute atomic E-state index is 13.1. The Hall–Kier alpha value is -3.41. The first-order valence-electron chi connectivity index (χ1n) is 10.1. The molecular formula is C18H22N7NaO10. The van der Waals surface area contributed by atoms with E-state index in [1.165, 1.54) is 27.7 Å². The van der Waals surface area contributed by atoms with E-state index in [1.807, 2.05) is 0 Å². The van der Waals surface area contributed by atoms with Gasteiger partial charge in [-0.1, -0.05) is 0 Å². The molecule has 0 amide bonds. The molecule has 0 bridgehead atoms. The van der Waals surface area contributed by atoms with Crippen molar-refractivity contribution < 1.29 is 68.4 Å². The van der Waals surface area contributed by atoms with Gasteiger partial charge in [0, 0.05) is 20.4 Å². The number of esters is 2. The minimum Gasteiger partial charge on any atom is -0.549 e. The zero-order chi connectivity index (χ0) is 26.4. The largest absolute Gasteiger partial charge is 1.00 e. The monoisotopic (exact) mass is 519 g/mol. The molecule has 2 aromatic rings. The van der Waals surface area contributed by atoms with Crippen molar-refractivity contribution in [1.29, 1.82) is 0 Å². The van der Waals surface area contributed by atoms with Crippen molar-refractivity contribution in [1.82, 2.24) is 24.0 Å². The van der Waals surface area contributed by atoms with Crippen molar-refractivity contribution in [2.24, 2.45) is 0 Å². The van der Waals surface area contributed by atoms with E-state index in [2.05, 4.69) is 9.97 Å². The fourth-order valence-electron chi connectivity index (χ4n) is 3.42. The van der Waals surface area contributed by atoms with Gasteiger partial charge >= 0.3 is 53.1 Å². The molecule has 0 spiro atoms. The summed E-state index contributed by atoms with van der Waals surface area (Å²) in [6.45, 7) is 3.81. The van der Waals surface area contributed by atoms with Gasteiger partial charge in [-0.15, -0.1) is 0 Å². The number of hydrogen-bond donors (Lipinski definition) is 0. The van der Waals surface area contributed by atoms with Gasteiger partial charge in [0.2, 0.25) is 0 Å². The Morgan fingerprint density at radius 2 is 1.28 bits per heavy atom. The first-order valence-corrected chi connectivity index (χ1v) is 10.1. The molecule has 18 heteroatoms. The van der Waals surface area contributed by atoms with Crippen molar-refractivity contribution in [3.05, 3.63) is 44.3 Å². The normalized spacial score (nSPS) is 12.4. The molecule has 36 heavy (non-hydrogen) atoms. The van der Waals surface area contributed by atoms with Gasteiger partial charge in [0.05, 0.1) is 19.2 Å². The molecule has 2 atom stereocenters. The van der Waals surface area contributed by atoms with E-state index in [0.717, 1.165) is 21.5 Å². The molecule has 0 saturated heterocycles. The number of aromatic nitrogens is 4. The number of carboxylic acids is 1. The average molecular weight is 519 g/mol. The number of rotatable bonds is 12. The fraction of sp³-hybridized carbons (Fsp3) is 0.500. The first-order chi connectivity index (χ1) is 16.5. The number of nitro groups is 2. The van der Waals surface area contributed by atoms with Crippen LogP contribution in [0.4, 0.5) is 11.6 Å². The molecule has 17 nitrogen and oxygen atoms in total. The Kier molecular flexibility index (Phi) is 11.1. The number of imidazole rings is 2. The topological polar surface area (TPSA) is 218 Å². The Labute approximate surface area is 225 Å². The maximum Gasteiger partial charge on any atom is 1.00 e. The Morgan fingerprint density at radius 3 is 1.56 bits per heavy atom. The number of carbonyl (C=O) groups excluding carboxylic acids is 3. The van der Waals surface area contributed by atoms with E-state index in [1.54, 1.807) is 0 Å². The van der Waals surface area contributed by atoms with E-state index in [0.29, 0.717) is 4.90 Å². The van der Waals surface area contributed by atoms with Crippen LogP contribution < -0.4 is 34.7 Å². The number of hydrogen-bond acceptors (Lipinski definition) is 13. The van der Waals surface area contributed by atoms with Gasteiger partial charge < -0.3 is 39.6 Å². The number of carboxylic acid groups (broad SMARTS) is 1. The number of aryl methyl sites for hydroxylation is 2. The Bertz CT molecular complexity index is 1070. The van der Waals surface area contributed by atoms with Gasteiger partial charge in [0.1, 0.15) is 12.4 Å². The van der Waals surface area contributed by atoms with E-state index in [-0.39, 0.29) is 54.4 Å². The van der Waals surface area contributed by atoms with Crippen LogP contribution in [0.25, 0.3) is 0 Å². The molecule has 0 N–H and O–H groups in total. The molecule has 190 valence electrons. The molecule has 0 radical (unpaired) electrons. The molecule has 0 aliphatic heterocycles. The summed E-state index contributed by atoms with van der Waals surface area (Å²) in [4.78, 5) is 67.7. The van der Waals surface area contributed by atoms with E-state index in [4.69, 9.17) is 9.47 Å². The quantitative estimate of drug-likeness (QED) is 0.115. The summed E-state index contributed by atoms with van der Waals surface area (Å²) >= 11 is 0. The second-order valence-electron chi connectivity index (χ2n) is 6.88. The third kappa shape index (κ3) is 6.42. The van der Waals surface area contributed by atoms with E-state index < -0.39 is 58.3 Å². The summed E-state index contributed by atoms with van der Waals surface area (Å²) in [6, 6.07) is 0. The molecule has 0 fully saturated rings. The van der Waals surface area contributed by atoms with E-state index in [9.17, 15) is 39.7 Å². The molecule has 2 rings (SSSR count). The van der Waals surface area contributed by atoms with E-state index >= 15 is 0 Å². The molecular weight excluding hydrogens is 497 g/mol. The summed E-state index contributed by atoms with van der Waals surface area (Å²) < 4.78 is 11.5. The second kappa shape index (κ2) is 13.1. The molecule has 2 unspecified atom stereocenters. The molecule has 0 aromatic carbocycles. The van der Waals surface area contributed by atoms with Crippen LogP contribution in [0.5, 0.6) is 0 Å². The number of ether oxygens (including phenoxy) is 2. The SMILES string of the molecule is CCOC(=O)C(N(CC(=O)[O-])C(C(=O)OCC)n1c([N+](=O)[O-])cnc1C)n1c([N+](=O)[O-])cnc1C.[Na+]. The predicted molar refractivity (Wildman–Crippen MR) is 110 cm³/mol. The second-order valence-corrected chi connectivity index (χ2v) is 6.88. The third-order valence-electron chi connectivity index (χ3n) is 4.72. The van der Waals surface area contributed by atoms with Crippen molar-refractivity contribution >= 4 is 29.5 Å². The first kappa shape index (κ1) is 30.6. The van der Waals surface area contributed by atoms with Crippen molar-refractivity contribution in [2.75, 3.05) is 19.8 Å². The number of aliphatic carboxylic acids is 1. The summed E-state index contributed by atoms with van der Waals surface area (Å²) in [5, 5.41) is 35.0. The van der Waals surface area contributed by atoms with Crippen molar-refractivity contribution in [2.45, 2.75) is 40.0 Å². The molecule has 0 saturated carbocycles. The average Bonchev–Trinajstić information content (AvgIpc) is 3.32. The van der Waals surface area contributed by atoms with Gasteiger partial charge in [0.25, 0.3) is 12.3 Å². The van der Waals surface area contributed by atoms with Crippen LogP contribution in [0.2, 0.25) is 0 Å². The summed E-state index contributed by atoms with van der Waals surface area (Å²) in [6.07, 6.45) is -2.34. The number of nitrogens with zero attached hydrogens (tertiary/aromatic N) is 7. The van der Waals surface area contributed by atoms with Crippen LogP contribution in [0, 0.1) is 34.1 Å². The van der Waals surface area contributed by atoms with Gasteiger partial charge in [-0.05, 0) is 23.7 Å². The van der Waals surface area contributed by atoms with Crippen LogP contribution in [-0.4, -0.2) is 71.5 Å². The van der Waals surface area contributed by atoms with Crippen LogP contribution in [0.15, 0.2) is 12.4 Å². The fourth-order valence-corrected chi connectivity index (χ4v) is 3.42. The zero-order valence-electron chi connectivity index (χ0n) is 20.1. The van der Waals surface area contributed by atoms with Gasteiger partial charge in [0.15, 0.2) is 11.6 Å². The van der Waals surface area contributed by atoms with Crippen LogP contribution >= 0.6 is 0 Å². The van der Waals surface area contributed by atoms with Gasteiger partial charge in [-0.2, -0.15) is 14.0 Å². The van der Waals surface area contributed by atoms with Crippen molar-refractivity contribution in [3.63, 3.8) is 0 Å². The van der Waals surface area contributed by atoms with Gasteiger partial charge in [-0.3, -0.25) is 0 Å². The minimum absolute atomic E-state index is 0. The van der Waals surface area contributed by atoms with Crippen molar-refractivity contribution in [3.8, 4) is 0 Å². The van der Waals surface area contributed by atoms with Crippen LogP contribution in [0.3, 0.4) is 0 Å².